The van der Waals surface area contributed by atoms with Gasteiger partial charge in [-0.25, -0.2) is 0 Å². The first kappa shape index (κ1) is 19.8. The Hall–Kier alpha value is -3.52. The lowest BCUT2D eigenvalue weighted by Crippen LogP contribution is -2.12. The van der Waals surface area contributed by atoms with E-state index in [0.29, 0.717) is 5.92 Å². The molecule has 0 aromatic heterocycles. The van der Waals surface area contributed by atoms with Crippen LogP contribution in [0.2, 0.25) is 0 Å². The van der Waals surface area contributed by atoms with E-state index in [0.717, 1.165) is 17.9 Å². The summed E-state index contributed by atoms with van der Waals surface area (Å²) in [5, 5.41) is 3.58. The quantitative estimate of drug-likeness (QED) is 0.272. The summed E-state index contributed by atoms with van der Waals surface area (Å²) >= 11 is 0. The van der Waals surface area contributed by atoms with E-state index < -0.39 is 0 Å². The molecule has 0 aliphatic rings. The number of rotatable bonds is 7. The second-order valence-corrected chi connectivity index (χ2v) is 7.79. The molecule has 0 aliphatic carbocycles. The fourth-order valence-electron chi connectivity index (χ4n) is 3.94. The lowest BCUT2D eigenvalue weighted by Gasteiger charge is -2.21. The first-order chi connectivity index (χ1) is 14.7. The molecule has 2 nitrogen and oxygen atoms in total. The number of anilines is 2. The molecule has 1 atom stereocenters. The van der Waals surface area contributed by atoms with Crippen LogP contribution in [0.4, 0.5) is 11.4 Å². The average Bonchev–Trinajstić information content (AvgIpc) is 2.81. The van der Waals surface area contributed by atoms with E-state index in [-0.39, 0.29) is 5.92 Å². The molecule has 0 saturated carbocycles. The van der Waals surface area contributed by atoms with Crippen LogP contribution in [0, 0.1) is 0 Å². The normalized spacial score (nSPS) is 11.9. The molecule has 1 unspecified atom stereocenters. The van der Waals surface area contributed by atoms with Crippen LogP contribution < -0.4 is 11.1 Å². The molecule has 150 valence electrons. The minimum Gasteiger partial charge on any atom is -0.397 e. The topological polar surface area (TPSA) is 38.0 Å². The van der Waals surface area contributed by atoms with E-state index in [4.69, 9.17) is 5.73 Å². The highest BCUT2D eigenvalue weighted by molar-refractivity contribution is 5.68. The summed E-state index contributed by atoms with van der Waals surface area (Å²) in [5.74, 6) is 0.563. The Morgan fingerprint density at radius 3 is 1.67 bits per heavy atom. The minimum atomic E-state index is 0.167. The first-order valence-corrected chi connectivity index (χ1v) is 10.5. The summed E-state index contributed by atoms with van der Waals surface area (Å²) in [7, 11) is 0. The molecule has 0 fully saturated rings. The van der Waals surface area contributed by atoms with Crippen molar-refractivity contribution in [3.63, 3.8) is 0 Å². The molecule has 0 aliphatic heterocycles. The van der Waals surface area contributed by atoms with Gasteiger partial charge in [-0.3, -0.25) is 0 Å². The number of nitrogen functional groups attached to an aromatic ring is 1. The average molecular weight is 393 g/mol. The second kappa shape index (κ2) is 9.32. The molecule has 3 N–H and O–H groups in total. The molecule has 0 amide bonds. The van der Waals surface area contributed by atoms with Crippen LogP contribution in [-0.2, 0) is 0 Å². The third kappa shape index (κ3) is 4.55. The van der Waals surface area contributed by atoms with Gasteiger partial charge >= 0.3 is 0 Å². The molecule has 0 saturated heterocycles. The maximum atomic E-state index is 6.33. The van der Waals surface area contributed by atoms with Gasteiger partial charge in [-0.1, -0.05) is 104 Å². The van der Waals surface area contributed by atoms with Crippen molar-refractivity contribution in [2.24, 2.45) is 0 Å². The molecule has 0 heterocycles. The van der Waals surface area contributed by atoms with Gasteiger partial charge in [0.15, 0.2) is 0 Å². The van der Waals surface area contributed by atoms with Crippen molar-refractivity contribution in [3.8, 4) is 0 Å². The summed E-state index contributed by atoms with van der Waals surface area (Å²) in [6.45, 7) is 3.07. The van der Waals surface area contributed by atoms with Gasteiger partial charge in [0.25, 0.3) is 0 Å². The summed E-state index contributed by atoms with van der Waals surface area (Å²) in [4.78, 5) is 0. The van der Waals surface area contributed by atoms with Crippen molar-refractivity contribution in [2.75, 3.05) is 17.6 Å². The maximum absolute atomic E-state index is 6.33. The van der Waals surface area contributed by atoms with Gasteiger partial charge in [0, 0.05) is 12.5 Å². The predicted molar refractivity (Wildman–Crippen MR) is 128 cm³/mol. The monoisotopic (exact) mass is 392 g/mol. The van der Waals surface area contributed by atoms with Crippen LogP contribution in [0.5, 0.6) is 0 Å². The van der Waals surface area contributed by atoms with Gasteiger partial charge in [0.2, 0.25) is 0 Å². The van der Waals surface area contributed by atoms with Crippen molar-refractivity contribution < 1.29 is 0 Å². The zero-order valence-electron chi connectivity index (χ0n) is 17.3. The van der Waals surface area contributed by atoms with Crippen LogP contribution in [0.25, 0.3) is 0 Å². The number of hydrogen-bond acceptors (Lipinski definition) is 2. The van der Waals surface area contributed by atoms with E-state index in [1.54, 1.807) is 0 Å². The van der Waals surface area contributed by atoms with E-state index in [1.165, 1.54) is 22.3 Å². The number of benzene rings is 4. The Morgan fingerprint density at radius 2 is 1.13 bits per heavy atom. The molecule has 30 heavy (non-hydrogen) atoms. The van der Waals surface area contributed by atoms with E-state index in [1.807, 2.05) is 6.07 Å². The zero-order chi connectivity index (χ0) is 20.8. The third-order valence-electron chi connectivity index (χ3n) is 5.64. The molecule has 0 spiro atoms. The van der Waals surface area contributed by atoms with Crippen LogP contribution in [-0.4, -0.2) is 6.54 Å². The highest BCUT2D eigenvalue weighted by Gasteiger charge is 2.17. The van der Waals surface area contributed by atoms with Crippen LogP contribution in [0.3, 0.4) is 0 Å². The van der Waals surface area contributed by atoms with Crippen molar-refractivity contribution in [3.05, 3.63) is 131 Å². The lowest BCUT2D eigenvalue weighted by atomic mass is 9.85. The third-order valence-corrected chi connectivity index (χ3v) is 5.64. The Bertz CT molecular complexity index is 1020. The van der Waals surface area contributed by atoms with Crippen molar-refractivity contribution in [1.82, 2.24) is 0 Å². The Balaban J connectivity index is 1.63. The van der Waals surface area contributed by atoms with Crippen LogP contribution in [0.1, 0.15) is 41.0 Å². The van der Waals surface area contributed by atoms with Gasteiger partial charge in [-0.05, 0) is 40.3 Å². The maximum Gasteiger partial charge on any atom is 0.0577 e. The van der Waals surface area contributed by atoms with Gasteiger partial charge in [-0.15, -0.1) is 0 Å². The number of nitrogens with two attached hydrogens (primary N) is 1. The molecule has 4 aromatic rings. The molecule has 4 rings (SSSR count). The summed E-state index contributed by atoms with van der Waals surface area (Å²) in [6.07, 6.45) is 0. The Morgan fingerprint density at radius 1 is 0.633 bits per heavy atom. The van der Waals surface area contributed by atoms with Gasteiger partial charge in [0.05, 0.1) is 11.4 Å². The molecule has 0 bridgehead atoms. The molecule has 0 radical (unpaired) electrons. The standard InChI is InChI=1S/C28H28N2/c1-21(22-11-5-2-6-12-22)20-30-27-19-25(17-18-26(27)29)28(23-13-7-3-8-14-23)24-15-9-4-10-16-24/h2-19,21,28,30H,20,29H2,1H3. The molecular formula is C28H28N2. The highest BCUT2D eigenvalue weighted by Crippen LogP contribution is 2.34. The first-order valence-electron chi connectivity index (χ1n) is 10.5. The number of nitrogens with one attached hydrogen (secondary N) is 1. The summed E-state index contributed by atoms with van der Waals surface area (Å²) < 4.78 is 0. The molecule has 2 heteroatoms. The zero-order valence-corrected chi connectivity index (χ0v) is 17.3. The Kier molecular flexibility index (Phi) is 6.14. The largest absolute Gasteiger partial charge is 0.397 e. The fraction of sp³-hybridized carbons (Fsp3) is 0.143. The van der Waals surface area contributed by atoms with E-state index in [9.17, 15) is 0 Å². The Labute approximate surface area is 179 Å². The van der Waals surface area contributed by atoms with Crippen molar-refractivity contribution in [1.29, 1.82) is 0 Å². The second-order valence-electron chi connectivity index (χ2n) is 7.79. The minimum absolute atomic E-state index is 0.167. The van der Waals surface area contributed by atoms with Gasteiger partial charge in [0.1, 0.15) is 0 Å². The van der Waals surface area contributed by atoms with Gasteiger partial charge < -0.3 is 11.1 Å². The van der Waals surface area contributed by atoms with Gasteiger partial charge in [-0.2, -0.15) is 0 Å². The SMILES string of the molecule is CC(CNc1cc(C(c2ccccc2)c2ccccc2)ccc1N)c1ccccc1. The molecule has 4 aromatic carbocycles. The predicted octanol–water partition coefficient (Wildman–Crippen LogP) is 6.66. The van der Waals surface area contributed by atoms with Crippen molar-refractivity contribution >= 4 is 11.4 Å². The van der Waals surface area contributed by atoms with E-state index in [2.05, 4.69) is 115 Å². The van der Waals surface area contributed by atoms with Crippen LogP contribution >= 0.6 is 0 Å². The summed E-state index contributed by atoms with van der Waals surface area (Å²) in [6, 6.07) is 38.2. The lowest BCUT2D eigenvalue weighted by molar-refractivity contribution is 0.805. The fourth-order valence-corrected chi connectivity index (χ4v) is 3.94. The summed E-state index contributed by atoms with van der Waals surface area (Å²) in [5.41, 5.74) is 13.2. The van der Waals surface area contributed by atoms with Crippen molar-refractivity contribution in [2.45, 2.75) is 18.8 Å². The van der Waals surface area contributed by atoms with Crippen LogP contribution in [0.15, 0.2) is 109 Å². The smallest absolute Gasteiger partial charge is 0.0577 e. The highest BCUT2D eigenvalue weighted by atomic mass is 14.9. The van der Waals surface area contributed by atoms with E-state index >= 15 is 0 Å². The molecular weight excluding hydrogens is 364 g/mol. The number of hydrogen-bond donors (Lipinski definition) is 2.